The molecule has 23 heavy (non-hydrogen) atoms. The van der Waals surface area contributed by atoms with E-state index in [1.807, 2.05) is 19.1 Å². The average Bonchev–Trinajstić information content (AvgIpc) is 2.55. The maximum atomic E-state index is 12.2. The molecule has 0 aliphatic heterocycles. The summed E-state index contributed by atoms with van der Waals surface area (Å²) >= 11 is 0. The number of hydrogen-bond donors (Lipinski definition) is 2. The van der Waals surface area contributed by atoms with Crippen molar-refractivity contribution >= 4 is 15.9 Å². The molecule has 1 unspecified atom stereocenters. The standard InChI is InChI=1S/C16H19N3O3S/c1-3-18-23(21,22)15-6-4-14(5-7-15)16(20)19-12(2)13-8-10-17-11-9-13/h4-12,18H,3H2,1-2H3,(H,19,20). The number of amides is 1. The molecule has 2 aromatic rings. The van der Waals surface area contributed by atoms with Crippen LogP contribution in [0.25, 0.3) is 0 Å². The van der Waals surface area contributed by atoms with Crippen molar-refractivity contribution in [3.63, 3.8) is 0 Å². The number of carbonyl (C=O) groups is 1. The highest BCUT2D eigenvalue weighted by molar-refractivity contribution is 7.89. The minimum atomic E-state index is -3.51. The summed E-state index contributed by atoms with van der Waals surface area (Å²) in [4.78, 5) is 16.3. The molecular weight excluding hydrogens is 314 g/mol. The predicted molar refractivity (Wildman–Crippen MR) is 87.4 cm³/mol. The van der Waals surface area contributed by atoms with Gasteiger partial charge in [0.1, 0.15) is 0 Å². The molecule has 1 amide bonds. The van der Waals surface area contributed by atoms with Crippen LogP contribution in [-0.2, 0) is 10.0 Å². The van der Waals surface area contributed by atoms with Crippen molar-refractivity contribution in [2.24, 2.45) is 0 Å². The predicted octanol–water partition coefficient (Wildman–Crippen LogP) is 1.87. The van der Waals surface area contributed by atoms with E-state index < -0.39 is 10.0 Å². The third-order valence-electron chi connectivity index (χ3n) is 3.31. The molecule has 0 aliphatic carbocycles. The molecule has 1 aromatic carbocycles. The van der Waals surface area contributed by atoms with Crippen molar-refractivity contribution in [1.82, 2.24) is 15.0 Å². The maximum absolute atomic E-state index is 12.2. The lowest BCUT2D eigenvalue weighted by Crippen LogP contribution is -2.27. The third kappa shape index (κ3) is 4.37. The van der Waals surface area contributed by atoms with Gasteiger partial charge in [-0.05, 0) is 48.9 Å². The quantitative estimate of drug-likeness (QED) is 0.845. The Balaban J connectivity index is 2.09. The lowest BCUT2D eigenvalue weighted by Gasteiger charge is -2.14. The van der Waals surface area contributed by atoms with E-state index in [1.165, 1.54) is 24.3 Å². The first kappa shape index (κ1) is 17.1. The van der Waals surface area contributed by atoms with Crippen molar-refractivity contribution in [1.29, 1.82) is 0 Å². The van der Waals surface area contributed by atoms with Crippen molar-refractivity contribution < 1.29 is 13.2 Å². The number of nitrogens with one attached hydrogen (secondary N) is 2. The van der Waals surface area contributed by atoms with Gasteiger partial charge in [-0.25, -0.2) is 13.1 Å². The zero-order valence-corrected chi connectivity index (χ0v) is 13.8. The number of sulfonamides is 1. The molecule has 1 atom stereocenters. The van der Waals surface area contributed by atoms with Crippen LogP contribution >= 0.6 is 0 Å². The van der Waals surface area contributed by atoms with Crippen LogP contribution in [0.1, 0.15) is 35.8 Å². The van der Waals surface area contributed by atoms with Crippen molar-refractivity contribution in [3.05, 3.63) is 59.9 Å². The Morgan fingerprint density at radius 3 is 2.30 bits per heavy atom. The zero-order valence-electron chi connectivity index (χ0n) is 13.0. The molecule has 0 spiro atoms. The number of aromatic nitrogens is 1. The number of pyridine rings is 1. The van der Waals surface area contributed by atoms with Crippen LogP contribution in [0.2, 0.25) is 0 Å². The van der Waals surface area contributed by atoms with E-state index >= 15 is 0 Å². The SMILES string of the molecule is CCNS(=O)(=O)c1ccc(C(=O)NC(C)c2ccncc2)cc1. The Morgan fingerprint density at radius 2 is 1.74 bits per heavy atom. The molecular formula is C16H19N3O3S. The molecule has 0 saturated heterocycles. The van der Waals surface area contributed by atoms with Crippen LogP contribution < -0.4 is 10.0 Å². The Labute approximate surface area is 136 Å². The van der Waals surface area contributed by atoms with E-state index in [1.54, 1.807) is 19.3 Å². The summed E-state index contributed by atoms with van der Waals surface area (Å²) in [6.07, 6.45) is 3.33. The molecule has 2 N–H and O–H groups in total. The van der Waals surface area contributed by atoms with Crippen LogP contribution in [-0.4, -0.2) is 25.9 Å². The number of benzene rings is 1. The van der Waals surface area contributed by atoms with E-state index in [0.29, 0.717) is 12.1 Å². The van der Waals surface area contributed by atoms with Gasteiger partial charge in [0.2, 0.25) is 10.0 Å². The van der Waals surface area contributed by atoms with Crippen molar-refractivity contribution in [3.8, 4) is 0 Å². The van der Waals surface area contributed by atoms with E-state index in [0.717, 1.165) is 5.56 Å². The third-order valence-corrected chi connectivity index (χ3v) is 4.88. The summed E-state index contributed by atoms with van der Waals surface area (Å²) in [5.74, 6) is -0.262. The van der Waals surface area contributed by atoms with Crippen LogP contribution in [0.4, 0.5) is 0 Å². The minimum Gasteiger partial charge on any atom is -0.346 e. The first-order valence-corrected chi connectivity index (χ1v) is 8.73. The topological polar surface area (TPSA) is 88.2 Å². The van der Waals surface area contributed by atoms with Gasteiger partial charge in [0.15, 0.2) is 0 Å². The lowest BCUT2D eigenvalue weighted by atomic mass is 10.1. The molecule has 122 valence electrons. The number of nitrogens with zero attached hydrogens (tertiary/aromatic N) is 1. The van der Waals surface area contributed by atoms with Crippen molar-refractivity contribution in [2.45, 2.75) is 24.8 Å². The fraction of sp³-hybridized carbons (Fsp3) is 0.250. The Kier molecular flexibility index (Phi) is 5.46. The second-order valence-electron chi connectivity index (χ2n) is 5.00. The van der Waals surface area contributed by atoms with E-state index in [-0.39, 0.29) is 16.8 Å². The second kappa shape index (κ2) is 7.34. The Hall–Kier alpha value is -2.25. The monoisotopic (exact) mass is 333 g/mol. The zero-order chi connectivity index (χ0) is 16.9. The van der Waals surface area contributed by atoms with E-state index in [2.05, 4.69) is 15.0 Å². The van der Waals surface area contributed by atoms with Gasteiger partial charge >= 0.3 is 0 Å². The van der Waals surface area contributed by atoms with Gasteiger partial charge in [0.25, 0.3) is 5.91 Å². The largest absolute Gasteiger partial charge is 0.346 e. The van der Waals surface area contributed by atoms with Gasteiger partial charge < -0.3 is 5.32 Å². The minimum absolute atomic E-state index is 0.137. The summed E-state index contributed by atoms with van der Waals surface area (Å²) in [5, 5.41) is 2.86. The smallest absolute Gasteiger partial charge is 0.251 e. The molecule has 7 heteroatoms. The molecule has 0 bridgehead atoms. The van der Waals surface area contributed by atoms with Gasteiger partial charge in [0.05, 0.1) is 10.9 Å². The fourth-order valence-electron chi connectivity index (χ4n) is 2.07. The van der Waals surface area contributed by atoms with Gasteiger partial charge in [-0.1, -0.05) is 6.92 Å². The molecule has 1 aromatic heterocycles. The van der Waals surface area contributed by atoms with Gasteiger partial charge in [0, 0.05) is 24.5 Å². The summed E-state index contributed by atoms with van der Waals surface area (Å²) in [6.45, 7) is 3.89. The molecule has 2 rings (SSSR count). The highest BCUT2D eigenvalue weighted by Gasteiger charge is 2.15. The molecule has 0 radical (unpaired) electrons. The molecule has 0 saturated carbocycles. The van der Waals surface area contributed by atoms with Crippen molar-refractivity contribution in [2.75, 3.05) is 6.54 Å². The number of hydrogen-bond acceptors (Lipinski definition) is 4. The number of rotatable bonds is 6. The fourth-order valence-corrected chi connectivity index (χ4v) is 3.12. The van der Waals surface area contributed by atoms with Crippen LogP contribution in [0.5, 0.6) is 0 Å². The van der Waals surface area contributed by atoms with Gasteiger partial charge in [-0.2, -0.15) is 0 Å². The summed E-state index contributed by atoms with van der Waals surface area (Å²) in [5.41, 5.74) is 1.35. The van der Waals surface area contributed by atoms with Gasteiger partial charge in [-0.3, -0.25) is 9.78 Å². The molecule has 6 nitrogen and oxygen atoms in total. The summed E-state index contributed by atoms with van der Waals surface area (Å²) in [6, 6.07) is 9.33. The first-order valence-electron chi connectivity index (χ1n) is 7.24. The van der Waals surface area contributed by atoms with Crippen LogP contribution in [0.15, 0.2) is 53.7 Å². The molecule has 1 heterocycles. The van der Waals surface area contributed by atoms with Crippen LogP contribution in [0, 0.1) is 0 Å². The summed E-state index contributed by atoms with van der Waals surface area (Å²) in [7, 11) is -3.51. The van der Waals surface area contributed by atoms with Gasteiger partial charge in [-0.15, -0.1) is 0 Å². The lowest BCUT2D eigenvalue weighted by molar-refractivity contribution is 0.0939. The molecule has 0 fully saturated rings. The highest BCUT2D eigenvalue weighted by Crippen LogP contribution is 2.14. The first-order chi connectivity index (χ1) is 10.9. The van der Waals surface area contributed by atoms with E-state index in [4.69, 9.17) is 0 Å². The van der Waals surface area contributed by atoms with Crippen LogP contribution in [0.3, 0.4) is 0 Å². The maximum Gasteiger partial charge on any atom is 0.251 e. The normalized spacial score (nSPS) is 12.6. The van der Waals surface area contributed by atoms with E-state index in [9.17, 15) is 13.2 Å². The molecule has 0 aliphatic rings. The summed E-state index contributed by atoms with van der Waals surface area (Å²) < 4.78 is 26.1. The number of carbonyl (C=O) groups excluding carboxylic acids is 1. The second-order valence-corrected chi connectivity index (χ2v) is 6.77. The highest BCUT2D eigenvalue weighted by atomic mass is 32.2. The average molecular weight is 333 g/mol. The Morgan fingerprint density at radius 1 is 1.13 bits per heavy atom. The Bertz CT molecular complexity index is 759.